The molecule has 0 radical (unpaired) electrons. The first-order chi connectivity index (χ1) is 10.2. The smallest absolute Gasteiger partial charge is 0.328 e. The minimum absolute atomic E-state index is 0.0335. The number of carbonyl (C=O) groups excluding carboxylic acids is 2. The maximum atomic E-state index is 12.4. The van der Waals surface area contributed by atoms with E-state index in [9.17, 15) is 9.59 Å². The van der Waals surface area contributed by atoms with Gasteiger partial charge < -0.3 is 14.4 Å². The zero-order valence-electron chi connectivity index (χ0n) is 12.5. The van der Waals surface area contributed by atoms with Gasteiger partial charge in [0.1, 0.15) is 6.04 Å². The molecular formula is C16H21NO4. The second-order valence-corrected chi connectivity index (χ2v) is 5.16. The largest absolute Gasteiger partial charge is 0.467 e. The van der Waals surface area contributed by atoms with E-state index in [2.05, 4.69) is 0 Å². The van der Waals surface area contributed by atoms with E-state index in [1.54, 1.807) is 12.0 Å². The van der Waals surface area contributed by atoms with Gasteiger partial charge in [-0.15, -0.1) is 0 Å². The van der Waals surface area contributed by atoms with Crippen molar-refractivity contribution in [3.63, 3.8) is 0 Å². The number of benzene rings is 1. The molecule has 1 heterocycles. The average Bonchev–Trinajstić information content (AvgIpc) is 2.97. The Hall–Kier alpha value is -1.88. The quantitative estimate of drug-likeness (QED) is 0.770. The summed E-state index contributed by atoms with van der Waals surface area (Å²) in [6.07, 6.45) is 1.45. The lowest BCUT2D eigenvalue weighted by atomic mass is 10.1. The van der Waals surface area contributed by atoms with E-state index >= 15 is 0 Å². The molecule has 1 amide bonds. The van der Waals surface area contributed by atoms with E-state index in [1.165, 1.54) is 7.11 Å². The fourth-order valence-electron chi connectivity index (χ4n) is 2.64. The van der Waals surface area contributed by atoms with Gasteiger partial charge in [0.15, 0.2) is 0 Å². The van der Waals surface area contributed by atoms with Gasteiger partial charge in [-0.05, 0) is 12.0 Å². The van der Waals surface area contributed by atoms with Crippen LogP contribution in [0.5, 0.6) is 0 Å². The number of aryl methyl sites for hydroxylation is 1. The second kappa shape index (κ2) is 7.22. The highest BCUT2D eigenvalue weighted by molar-refractivity contribution is 5.85. The van der Waals surface area contributed by atoms with Crippen molar-refractivity contribution in [1.29, 1.82) is 0 Å². The summed E-state index contributed by atoms with van der Waals surface area (Å²) in [6.45, 7) is 0.448. The number of nitrogens with zero attached hydrogens (tertiary/aromatic N) is 1. The molecule has 0 aromatic heterocycles. The SMILES string of the molecule is COC(=O)C1CC(OC)CN1C(=O)CCc1ccccc1. The first-order valence-corrected chi connectivity index (χ1v) is 7.09. The summed E-state index contributed by atoms with van der Waals surface area (Å²) in [4.78, 5) is 25.8. The summed E-state index contributed by atoms with van der Waals surface area (Å²) >= 11 is 0. The maximum absolute atomic E-state index is 12.4. The Morgan fingerprint density at radius 2 is 1.95 bits per heavy atom. The van der Waals surface area contributed by atoms with Crippen molar-refractivity contribution in [2.45, 2.75) is 31.4 Å². The van der Waals surface area contributed by atoms with Crippen LogP contribution in [0.3, 0.4) is 0 Å². The van der Waals surface area contributed by atoms with Gasteiger partial charge in [0.25, 0.3) is 0 Å². The molecule has 2 atom stereocenters. The van der Waals surface area contributed by atoms with Crippen LogP contribution in [0.4, 0.5) is 0 Å². The van der Waals surface area contributed by atoms with Gasteiger partial charge in [-0.25, -0.2) is 4.79 Å². The van der Waals surface area contributed by atoms with E-state index in [1.807, 2.05) is 30.3 Å². The van der Waals surface area contributed by atoms with Gasteiger partial charge in [-0.3, -0.25) is 4.79 Å². The molecule has 0 spiro atoms. The van der Waals surface area contributed by atoms with E-state index in [4.69, 9.17) is 9.47 Å². The maximum Gasteiger partial charge on any atom is 0.328 e. The molecular weight excluding hydrogens is 270 g/mol. The van der Waals surface area contributed by atoms with E-state index in [0.29, 0.717) is 25.8 Å². The zero-order chi connectivity index (χ0) is 15.2. The first-order valence-electron chi connectivity index (χ1n) is 7.09. The molecule has 114 valence electrons. The highest BCUT2D eigenvalue weighted by Gasteiger charge is 2.40. The van der Waals surface area contributed by atoms with Crippen LogP contribution in [0.1, 0.15) is 18.4 Å². The summed E-state index contributed by atoms with van der Waals surface area (Å²) in [5, 5.41) is 0. The number of ether oxygens (including phenoxy) is 2. The first kappa shape index (κ1) is 15.5. The predicted octanol–water partition coefficient (Wildman–Crippen LogP) is 1.41. The van der Waals surface area contributed by atoms with Gasteiger partial charge in [0.2, 0.25) is 5.91 Å². The van der Waals surface area contributed by atoms with Crippen LogP contribution in [0, 0.1) is 0 Å². The van der Waals surface area contributed by atoms with Crippen LogP contribution in [-0.2, 0) is 25.5 Å². The summed E-state index contributed by atoms with van der Waals surface area (Å²) in [5.41, 5.74) is 1.11. The highest BCUT2D eigenvalue weighted by atomic mass is 16.5. The van der Waals surface area contributed by atoms with Gasteiger partial charge in [-0.1, -0.05) is 30.3 Å². The highest BCUT2D eigenvalue weighted by Crippen LogP contribution is 2.22. The molecule has 21 heavy (non-hydrogen) atoms. The molecule has 5 heteroatoms. The van der Waals surface area contributed by atoms with Crippen molar-refractivity contribution in [1.82, 2.24) is 4.90 Å². The molecule has 0 N–H and O–H groups in total. The molecule has 1 saturated heterocycles. The Bertz CT molecular complexity index is 488. The molecule has 1 aliphatic heterocycles. The van der Waals surface area contributed by atoms with Crippen molar-refractivity contribution in [3.05, 3.63) is 35.9 Å². The average molecular weight is 291 g/mol. The molecule has 1 aromatic rings. The van der Waals surface area contributed by atoms with E-state index in [-0.39, 0.29) is 18.0 Å². The third kappa shape index (κ3) is 3.82. The van der Waals surface area contributed by atoms with Crippen LogP contribution in [0.15, 0.2) is 30.3 Å². The zero-order valence-corrected chi connectivity index (χ0v) is 12.5. The summed E-state index contributed by atoms with van der Waals surface area (Å²) in [6, 6.07) is 9.31. The normalized spacial score (nSPS) is 21.3. The summed E-state index contributed by atoms with van der Waals surface area (Å²) < 4.78 is 10.1. The Morgan fingerprint density at radius 1 is 1.24 bits per heavy atom. The number of carbonyl (C=O) groups is 2. The van der Waals surface area contributed by atoms with E-state index in [0.717, 1.165) is 5.56 Å². The van der Waals surface area contributed by atoms with Gasteiger partial charge >= 0.3 is 5.97 Å². The lowest BCUT2D eigenvalue weighted by Gasteiger charge is -2.22. The Balaban J connectivity index is 1.97. The minimum Gasteiger partial charge on any atom is -0.467 e. The van der Waals surface area contributed by atoms with Crippen molar-refractivity contribution < 1.29 is 19.1 Å². The van der Waals surface area contributed by atoms with Crippen molar-refractivity contribution >= 4 is 11.9 Å². The number of hydrogen-bond acceptors (Lipinski definition) is 4. The molecule has 2 rings (SSSR count). The van der Waals surface area contributed by atoms with Crippen molar-refractivity contribution in [2.24, 2.45) is 0 Å². The third-order valence-electron chi connectivity index (χ3n) is 3.86. The van der Waals surface area contributed by atoms with Crippen molar-refractivity contribution in [3.8, 4) is 0 Å². The van der Waals surface area contributed by atoms with Gasteiger partial charge in [0.05, 0.1) is 13.2 Å². The molecule has 0 saturated carbocycles. The number of amides is 1. The molecule has 1 aliphatic rings. The number of hydrogen-bond donors (Lipinski definition) is 0. The third-order valence-corrected chi connectivity index (χ3v) is 3.86. The molecule has 5 nitrogen and oxygen atoms in total. The summed E-state index contributed by atoms with van der Waals surface area (Å²) in [7, 11) is 2.94. The number of methoxy groups -OCH3 is 2. The van der Waals surface area contributed by atoms with Crippen molar-refractivity contribution in [2.75, 3.05) is 20.8 Å². The number of rotatable bonds is 5. The molecule has 1 aromatic carbocycles. The van der Waals surface area contributed by atoms with Gasteiger partial charge in [0, 0.05) is 26.5 Å². The molecule has 0 bridgehead atoms. The van der Waals surface area contributed by atoms with E-state index < -0.39 is 6.04 Å². The molecule has 2 unspecified atom stereocenters. The fraction of sp³-hybridized carbons (Fsp3) is 0.500. The number of esters is 1. The minimum atomic E-state index is -0.525. The Labute approximate surface area is 124 Å². The lowest BCUT2D eigenvalue weighted by molar-refractivity contribution is -0.150. The molecule has 1 fully saturated rings. The second-order valence-electron chi connectivity index (χ2n) is 5.16. The topological polar surface area (TPSA) is 55.8 Å². The predicted molar refractivity (Wildman–Crippen MR) is 77.7 cm³/mol. The van der Waals surface area contributed by atoms with Gasteiger partial charge in [-0.2, -0.15) is 0 Å². The molecule has 0 aliphatic carbocycles. The Morgan fingerprint density at radius 3 is 2.57 bits per heavy atom. The monoisotopic (exact) mass is 291 g/mol. The lowest BCUT2D eigenvalue weighted by Crippen LogP contribution is -2.41. The number of likely N-dealkylation sites (tertiary alicyclic amines) is 1. The summed E-state index contributed by atoms with van der Waals surface area (Å²) in [5.74, 6) is -0.406. The fourth-order valence-corrected chi connectivity index (χ4v) is 2.64. The Kier molecular flexibility index (Phi) is 5.33. The van der Waals surface area contributed by atoms with Crippen LogP contribution in [0.25, 0.3) is 0 Å². The van der Waals surface area contributed by atoms with Crippen LogP contribution in [0.2, 0.25) is 0 Å². The van der Waals surface area contributed by atoms with Crippen LogP contribution >= 0.6 is 0 Å². The van der Waals surface area contributed by atoms with Crippen LogP contribution < -0.4 is 0 Å². The standard InChI is InChI=1S/C16H21NO4/c1-20-13-10-14(16(19)21-2)17(11-13)15(18)9-8-12-6-4-3-5-7-12/h3-7,13-14H,8-11H2,1-2H3. The van der Waals surface area contributed by atoms with Crippen LogP contribution in [-0.4, -0.2) is 49.7 Å².